The van der Waals surface area contributed by atoms with Gasteiger partial charge in [0.15, 0.2) is 11.5 Å². The fourth-order valence-corrected chi connectivity index (χ4v) is 6.00. The third-order valence-electron chi connectivity index (χ3n) is 7.33. The minimum atomic E-state index is -4.38. The van der Waals surface area contributed by atoms with E-state index in [1.807, 2.05) is 45.0 Å². The van der Waals surface area contributed by atoms with Crippen molar-refractivity contribution in [2.24, 2.45) is 0 Å². The van der Waals surface area contributed by atoms with Crippen LogP contribution in [0.5, 0.6) is 11.5 Å². The van der Waals surface area contributed by atoms with Crippen LogP contribution in [0.2, 0.25) is 0 Å². The number of rotatable bonds is 14. The number of methoxy groups -OCH3 is 2. The van der Waals surface area contributed by atoms with Crippen LogP contribution in [0.25, 0.3) is 0 Å². The maximum Gasteiger partial charge on any atom is 0.264 e. The quantitative estimate of drug-likeness (QED) is 0.272. The van der Waals surface area contributed by atoms with Crippen LogP contribution in [0.1, 0.15) is 44.7 Å². The van der Waals surface area contributed by atoms with Gasteiger partial charge in [-0.15, -0.1) is 0 Å². The van der Waals surface area contributed by atoms with Gasteiger partial charge in [0.05, 0.1) is 24.8 Å². The smallest absolute Gasteiger partial charge is 0.264 e. The average molecular weight is 614 g/mol. The van der Waals surface area contributed by atoms with Gasteiger partial charge in [0, 0.05) is 18.7 Å². The molecular formula is C32H40FN3O6S. The number of hydrogen-bond donors (Lipinski definition) is 1. The Kier molecular flexibility index (Phi) is 11.5. The molecule has 3 rings (SSSR count). The number of carbonyl (C=O) groups is 2. The molecule has 0 spiro atoms. The summed E-state index contributed by atoms with van der Waals surface area (Å²) in [6, 6.07) is 15.4. The molecule has 0 fully saturated rings. The fraction of sp³-hybridized carbons (Fsp3) is 0.375. The number of nitrogens with zero attached hydrogens (tertiary/aromatic N) is 2. The van der Waals surface area contributed by atoms with Crippen molar-refractivity contribution in [1.82, 2.24) is 10.2 Å². The predicted molar refractivity (Wildman–Crippen MR) is 164 cm³/mol. The van der Waals surface area contributed by atoms with Crippen molar-refractivity contribution in [3.8, 4) is 11.5 Å². The third-order valence-corrected chi connectivity index (χ3v) is 9.10. The molecule has 0 aliphatic rings. The molecule has 1 N–H and O–H groups in total. The summed E-state index contributed by atoms with van der Waals surface area (Å²) in [7, 11) is -1.57. The molecule has 3 aromatic rings. The molecule has 0 saturated carbocycles. The molecule has 9 nitrogen and oxygen atoms in total. The molecule has 0 unspecified atom stereocenters. The molecule has 2 atom stereocenters. The van der Waals surface area contributed by atoms with Crippen LogP contribution in [0.15, 0.2) is 71.6 Å². The van der Waals surface area contributed by atoms with Gasteiger partial charge in [0.25, 0.3) is 10.0 Å². The summed E-state index contributed by atoms with van der Waals surface area (Å²) in [4.78, 5) is 28.9. The molecule has 0 bridgehead atoms. The monoisotopic (exact) mass is 613 g/mol. The molecule has 232 valence electrons. The summed E-state index contributed by atoms with van der Waals surface area (Å²) < 4.78 is 53.5. The first-order valence-electron chi connectivity index (χ1n) is 14.1. The van der Waals surface area contributed by atoms with Gasteiger partial charge in [-0.05, 0) is 74.2 Å². The van der Waals surface area contributed by atoms with Crippen LogP contribution in [0, 0.1) is 12.7 Å². The number of aryl methyl sites for hydroxylation is 1. The minimum Gasteiger partial charge on any atom is -0.493 e. The molecule has 0 aliphatic carbocycles. The Bertz CT molecular complexity index is 1510. The van der Waals surface area contributed by atoms with Gasteiger partial charge in [-0.3, -0.25) is 13.9 Å². The standard InChI is InChI=1S/C32H40FN3O6S/c1-7-23(4)34-32(38)28(8-2)35(20-24-12-10-9-11-22(24)3)31(37)21-36(26-15-13-25(33)14-16-26)43(39,40)27-17-18-29(41-5)30(19-27)42-6/h9-19,23,28H,7-8,20-21H2,1-6H3,(H,34,38)/t23-,28+/m0/s1. The van der Waals surface area contributed by atoms with Gasteiger partial charge in [0.1, 0.15) is 18.4 Å². The van der Waals surface area contributed by atoms with E-state index >= 15 is 0 Å². The first-order valence-corrected chi connectivity index (χ1v) is 15.5. The second-order valence-corrected chi connectivity index (χ2v) is 12.1. The van der Waals surface area contributed by atoms with E-state index in [1.54, 1.807) is 6.92 Å². The van der Waals surface area contributed by atoms with Crippen molar-refractivity contribution in [3.63, 3.8) is 0 Å². The van der Waals surface area contributed by atoms with Crippen LogP contribution in [0.3, 0.4) is 0 Å². The lowest BCUT2D eigenvalue weighted by molar-refractivity contribution is -0.140. The lowest BCUT2D eigenvalue weighted by atomic mass is 10.1. The van der Waals surface area contributed by atoms with Crippen LogP contribution in [-0.2, 0) is 26.2 Å². The molecule has 11 heteroatoms. The molecule has 43 heavy (non-hydrogen) atoms. The number of sulfonamides is 1. The van der Waals surface area contributed by atoms with Crippen LogP contribution in [-0.4, -0.2) is 58.0 Å². The predicted octanol–water partition coefficient (Wildman–Crippen LogP) is 5.07. The highest BCUT2D eigenvalue weighted by Crippen LogP contribution is 2.32. The van der Waals surface area contributed by atoms with Gasteiger partial charge in [0.2, 0.25) is 11.8 Å². The van der Waals surface area contributed by atoms with E-state index in [0.717, 1.165) is 27.6 Å². The Hall–Kier alpha value is -4.12. The maximum atomic E-state index is 14.2. The molecule has 2 amide bonds. The summed E-state index contributed by atoms with van der Waals surface area (Å²) >= 11 is 0. The molecular weight excluding hydrogens is 573 g/mol. The number of anilines is 1. The normalized spacial score (nSPS) is 12.6. The van der Waals surface area contributed by atoms with E-state index in [2.05, 4.69) is 5.32 Å². The molecule has 0 aliphatic heterocycles. The second kappa shape index (κ2) is 14.9. The number of amides is 2. The SMILES string of the molecule is CC[C@H](C(=O)N[C@@H](C)CC)N(Cc1ccccc1C)C(=O)CN(c1ccc(F)cc1)S(=O)(=O)c1ccc(OC)c(OC)c1. The minimum absolute atomic E-state index is 0.0810. The van der Waals surface area contributed by atoms with E-state index in [9.17, 15) is 22.4 Å². The lowest BCUT2D eigenvalue weighted by Crippen LogP contribution is -2.53. The van der Waals surface area contributed by atoms with Crippen molar-refractivity contribution < 1.29 is 31.9 Å². The Morgan fingerprint density at radius 3 is 2.16 bits per heavy atom. The highest BCUT2D eigenvalue weighted by Gasteiger charge is 2.34. The number of benzene rings is 3. The number of nitrogens with one attached hydrogen (secondary N) is 1. The average Bonchev–Trinajstić information content (AvgIpc) is 3.00. The van der Waals surface area contributed by atoms with E-state index < -0.39 is 34.3 Å². The van der Waals surface area contributed by atoms with Gasteiger partial charge in [-0.1, -0.05) is 38.1 Å². The van der Waals surface area contributed by atoms with E-state index in [4.69, 9.17) is 9.47 Å². The summed E-state index contributed by atoms with van der Waals surface area (Å²) in [5.74, 6) is -0.971. The molecule has 0 aromatic heterocycles. The summed E-state index contributed by atoms with van der Waals surface area (Å²) in [6.07, 6.45) is 1.01. The lowest BCUT2D eigenvalue weighted by Gasteiger charge is -2.34. The van der Waals surface area contributed by atoms with E-state index in [-0.39, 0.29) is 34.8 Å². The third kappa shape index (κ3) is 8.04. The summed E-state index contributed by atoms with van der Waals surface area (Å²) in [5.41, 5.74) is 1.82. The zero-order valence-electron chi connectivity index (χ0n) is 25.5. The highest BCUT2D eigenvalue weighted by molar-refractivity contribution is 7.92. The van der Waals surface area contributed by atoms with E-state index in [0.29, 0.717) is 18.6 Å². The van der Waals surface area contributed by atoms with Crippen molar-refractivity contribution in [2.75, 3.05) is 25.1 Å². The van der Waals surface area contributed by atoms with Crippen LogP contribution >= 0.6 is 0 Å². The Morgan fingerprint density at radius 1 is 0.930 bits per heavy atom. The Balaban J connectivity index is 2.10. The van der Waals surface area contributed by atoms with Crippen molar-refractivity contribution in [1.29, 1.82) is 0 Å². The number of halogens is 1. The topological polar surface area (TPSA) is 105 Å². The van der Waals surface area contributed by atoms with Gasteiger partial charge < -0.3 is 19.7 Å². The zero-order valence-corrected chi connectivity index (χ0v) is 26.3. The number of ether oxygens (including phenoxy) is 2. The summed E-state index contributed by atoms with van der Waals surface area (Å²) in [5, 5.41) is 2.96. The van der Waals surface area contributed by atoms with Gasteiger partial charge in [-0.25, -0.2) is 12.8 Å². The molecule has 0 saturated heterocycles. The largest absolute Gasteiger partial charge is 0.493 e. The fourth-order valence-electron chi connectivity index (χ4n) is 4.57. The maximum absolute atomic E-state index is 14.2. The zero-order chi connectivity index (χ0) is 31.7. The number of hydrogen-bond acceptors (Lipinski definition) is 6. The van der Waals surface area contributed by atoms with Crippen molar-refractivity contribution >= 4 is 27.5 Å². The Morgan fingerprint density at radius 2 is 1.58 bits per heavy atom. The first kappa shape index (κ1) is 33.4. The Labute approximate surface area is 253 Å². The number of carbonyl (C=O) groups excluding carboxylic acids is 2. The van der Waals surface area contributed by atoms with Crippen molar-refractivity contribution in [2.45, 2.75) is 64.1 Å². The molecule has 3 aromatic carbocycles. The van der Waals surface area contributed by atoms with E-state index in [1.165, 1.54) is 49.5 Å². The highest BCUT2D eigenvalue weighted by atomic mass is 32.2. The molecule has 0 radical (unpaired) electrons. The van der Waals surface area contributed by atoms with Gasteiger partial charge >= 0.3 is 0 Å². The summed E-state index contributed by atoms with van der Waals surface area (Å²) in [6.45, 7) is 6.99. The van der Waals surface area contributed by atoms with Crippen LogP contribution < -0.4 is 19.1 Å². The second-order valence-electron chi connectivity index (χ2n) is 10.2. The van der Waals surface area contributed by atoms with Gasteiger partial charge in [-0.2, -0.15) is 0 Å². The first-order chi connectivity index (χ1) is 20.5. The molecule has 0 heterocycles. The van der Waals surface area contributed by atoms with Crippen LogP contribution in [0.4, 0.5) is 10.1 Å². The van der Waals surface area contributed by atoms with Crippen molar-refractivity contribution in [3.05, 3.63) is 83.7 Å².